The van der Waals surface area contributed by atoms with Gasteiger partial charge in [0, 0.05) is 25.7 Å². The van der Waals surface area contributed by atoms with E-state index in [1.165, 1.54) is 12.1 Å². The van der Waals surface area contributed by atoms with Gasteiger partial charge in [0.1, 0.15) is 5.60 Å². The Morgan fingerprint density at radius 3 is 2.50 bits per heavy atom. The summed E-state index contributed by atoms with van der Waals surface area (Å²) in [6.45, 7) is 1.96. The van der Waals surface area contributed by atoms with Crippen LogP contribution in [0.25, 0.3) is 0 Å². The van der Waals surface area contributed by atoms with Crippen molar-refractivity contribution in [1.29, 1.82) is 0 Å². The van der Waals surface area contributed by atoms with Gasteiger partial charge < -0.3 is 10.4 Å². The van der Waals surface area contributed by atoms with Crippen molar-refractivity contribution >= 4 is 5.91 Å². The molecule has 1 atom stereocenters. The number of nitrogens with one attached hydrogen (secondary N) is 1. The highest BCUT2D eigenvalue weighted by Crippen LogP contribution is 2.32. The number of carbonyl (C=O) groups is 1. The Morgan fingerprint density at radius 2 is 1.96 bits per heavy atom. The molecule has 4 nitrogen and oxygen atoms in total. The fourth-order valence-corrected chi connectivity index (χ4v) is 3.21. The van der Waals surface area contributed by atoms with Crippen molar-refractivity contribution < 1.29 is 23.1 Å². The number of benzene rings is 1. The number of rotatable bonds is 4. The smallest absolute Gasteiger partial charge is 0.380 e. The number of nitrogens with zero attached hydrogens (tertiary/aromatic N) is 1. The Kier molecular flexibility index (Phi) is 4.57. The topological polar surface area (TPSA) is 52.6 Å². The largest absolute Gasteiger partial charge is 0.416 e. The van der Waals surface area contributed by atoms with Gasteiger partial charge >= 0.3 is 6.18 Å². The molecule has 0 radical (unpaired) electrons. The van der Waals surface area contributed by atoms with Crippen LogP contribution in [0.5, 0.6) is 0 Å². The molecule has 1 saturated carbocycles. The third-order valence-corrected chi connectivity index (χ3v) is 4.90. The van der Waals surface area contributed by atoms with Gasteiger partial charge in [0.2, 0.25) is 0 Å². The summed E-state index contributed by atoms with van der Waals surface area (Å²) in [6, 6.07) is 5.15. The first-order valence-corrected chi connectivity index (χ1v) is 8.18. The zero-order valence-corrected chi connectivity index (χ0v) is 13.3. The van der Waals surface area contributed by atoms with Crippen molar-refractivity contribution in [2.75, 3.05) is 13.1 Å². The minimum Gasteiger partial charge on any atom is -0.380 e. The molecule has 1 aromatic rings. The summed E-state index contributed by atoms with van der Waals surface area (Å²) in [5, 5.41) is 12.9. The molecule has 0 bridgehead atoms. The van der Waals surface area contributed by atoms with Gasteiger partial charge in [-0.2, -0.15) is 13.2 Å². The number of hydrogen-bond donors (Lipinski definition) is 2. The lowest BCUT2D eigenvalue weighted by atomic mass is 9.79. The molecule has 1 aliphatic heterocycles. The molecule has 2 aliphatic rings. The molecule has 24 heavy (non-hydrogen) atoms. The van der Waals surface area contributed by atoms with Gasteiger partial charge in [0.05, 0.1) is 5.56 Å². The average molecular weight is 342 g/mol. The number of alkyl halides is 3. The third kappa shape index (κ3) is 3.72. The van der Waals surface area contributed by atoms with E-state index in [0.29, 0.717) is 25.9 Å². The molecule has 1 heterocycles. The SMILES string of the molecule is O=C(NC1CCN(Cc2ccc(C(F)(F)F)cc2)C1)C1(O)CCC1. The molecular formula is C17H21F3N2O2. The lowest BCUT2D eigenvalue weighted by Gasteiger charge is -2.35. The lowest BCUT2D eigenvalue weighted by molar-refractivity contribution is -0.149. The minimum absolute atomic E-state index is 0.0171. The van der Waals surface area contributed by atoms with Crippen molar-refractivity contribution in [2.45, 2.75) is 50.0 Å². The molecule has 1 unspecified atom stereocenters. The number of carbonyl (C=O) groups excluding carboxylic acids is 1. The summed E-state index contributed by atoms with van der Waals surface area (Å²) in [4.78, 5) is 14.1. The van der Waals surface area contributed by atoms with Crippen molar-refractivity contribution in [1.82, 2.24) is 10.2 Å². The highest BCUT2D eigenvalue weighted by atomic mass is 19.4. The monoisotopic (exact) mass is 342 g/mol. The van der Waals surface area contributed by atoms with E-state index in [4.69, 9.17) is 0 Å². The molecular weight excluding hydrogens is 321 g/mol. The molecule has 2 N–H and O–H groups in total. The molecule has 2 fully saturated rings. The second-order valence-corrected chi connectivity index (χ2v) is 6.77. The van der Waals surface area contributed by atoms with Crippen molar-refractivity contribution in [3.8, 4) is 0 Å². The molecule has 132 valence electrons. The second-order valence-electron chi connectivity index (χ2n) is 6.77. The van der Waals surface area contributed by atoms with Gasteiger partial charge in [-0.1, -0.05) is 12.1 Å². The fraction of sp³-hybridized carbons (Fsp3) is 0.588. The first kappa shape index (κ1) is 17.2. The fourth-order valence-electron chi connectivity index (χ4n) is 3.21. The minimum atomic E-state index is -4.32. The van der Waals surface area contributed by atoms with Gasteiger partial charge in [-0.3, -0.25) is 9.69 Å². The predicted molar refractivity (Wildman–Crippen MR) is 82.1 cm³/mol. The molecule has 7 heteroatoms. The van der Waals surface area contributed by atoms with Crippen LogP contribution in [-0.4, -0.2) is 40.6 Å². The van der Waals surface area contributed by atoms with Gasteiger partial charge in [-0.05, 0) is 43.4 Å². The number of aliphatic hydroxyl groups is 1. The summed E-state index contributed by atoms with van der Waals surface area (Å²) < 4.78 is 37.7. The van der Waals surface area contributed by atoms with E-state index in [1.54, 1.807) is 0 Å². The standard InChI is InChI=1S/C17H21F3N2O2/c18-17(19,20)13-4-2-12(3-5-13)10-22-9-6-14(11-22)21-15(23)16(24)7-1-8-16/h2-5,14,24H,1,6-11H2,(H,21,23). The van der Waals surface area contributed by atoms with E-state index in [1.807, 2.05) is 0 Å². The summed E-state index contributed by atoms with van der Waals surface area (Å²) in [7, 11) is 0. The highest BCUT2D eigenvalue weighted by Gasteiger charge is 2.43. The van der Waals surface area contributed by atoms with Crippen molar-refractivity contribution in [2.24, 2.45) is 0 Å². The van der Waals surface area contributed by atoms with Crippen molar-refractivity contribution in [3.05, 3.63) is 35.4 Å². The highest BCUT2D eigenvalue weighted by molar-refractivity contribution is 5.86. The van der Waals surface area contributed by atoms with Crippen LogP contribution in [0.15, 0.2) is 24.3 Å². The van der Waals surface area contributed by atoms with Crippen LogP contribution in [-0.2, 0) is 17.5 Å². The van der Waals surface area contributed by atoms with Gasteiger partial charge in [-0.25, -0.2) is 0 Å². The zero-order chi connectivity index (χ0) is 17.4. The molecule has 1 aliphatic carbocycles. The quantitative estimate of drug-likeness (QED) is 0.883. The maximum Gasteiger partial charge on any atom is 0.416 e. The Balaban J connectivity index is 1.50. The van der Waals surface area contributed by atoms with Crippen LogP contribution >= 0.6 is 0 Å². The molecule has 1 saturated heterocycles. The number of likely N-dealkylation sites (tertiary alicyclic amines) is 1. The average Bonchev–Trinajstić information content (AvgIpc) is 2.91. The first-order chi connectivity index (χ1) is 11.3. The van der Waals surface area contributed by atoms with Crippen LogP contribution in [0.3, 0.4) is 0 Å². The van der Waals surface area contributed by atoms with E-state index in [0.717, 1.165) is 37.1 Å². The zero-order valence-electron chi connectivity index (χ0n) is 13.3. The molecule has 3 rings (SSSR count). The number of halogens is 3. The molecule has 1 aromatic carbocycles. The lowest BCUT2D eigenvalue weighted by Crippen LogP contribution is -2.54. The van der Waals surface area contributed by atoms with Gasteiger partial charge in [0.15, 0.2) is 0 Å². The Labute approximate surface area is 138 Å². The number of hydrogen-bond acceptors (Lipinski definition) is 3. The van der Waals surface area contributed by atoms with E-state index in [-0.39, 0.29) is 11.9 Å². The molecule has 0 aromatic heterocycles. The first-order valence-electron chi connectivity index (χ1n) is 8.18. The van der Waals surface area contributed by atoms with Gasteiger partial charge in [0.25, 0.3) is 5.91 Å². The Hall–Kier alpha value is -1.60. The van der Waals surface area contributed by atoms with Crippen LogP contribution in [0.2, 0.25) is 0 Å². The maximum atomic E-state index is 12.6. The van der Waals surface area contributed by atoms with Gasteiger partial charge in [-0.15, -0.1) is 0 Å². The third-order valence-electron chi connectivity index (χ3n) is 4.90. The van der Waals surface area contributed by atoms with Crippen LogP contribution in [0.4, 0.5) is 13.2 Å². The summed E-state index contributed by atoms with van der Waals surface area (Å²) >= 11 is 0. The summed E-state index contributed by atoms with van der Waals surface area (Å²) in [5.74, 6) is -0.296. The van der Waals surface area contributed by atoms with Crippen LogP contribution in [0, 0.1) is 0 Å². The normalized spacial score (nSPS) is 23.8. The predicted octanol–water partition coefficient (Wildman–Crippen LogP) is 2.31. The number of amides is 1. The molecule has 0 spiro atoms. The summed E-state index contributed by atoms with van der Waals surface area (Å²) in [5.41, 5.74) is -1.03. The van der Waals surface area contributed by atoms with E-state index < -0.39 is 17.3 Å². The second kappa shape index (κ2) is 6.37. The Bertz CT molecular complexity index is 597. The molecule has 1 amide bonds. The van der Waals surface area contributed by atoms with E-state index in [2.05, 4.69) is 10.2 Å². The van der Waals surface area contributed by atoms with E-state index in [9.17, 15) is 23.1 Å². The van der Waals surface area contributed by atoms with Crippen molar-refractivity contribution in [3.63, 3.8) is 0 Å². The summed E-state index contributed by atoms with van der Waals surface area (Å²) in [6.07, 6.45) is -1.64. The van der Waals surface area contributed by atoms with Crippen LogP contribution < -0.4 is 5.32 Å². The maximum absolute atomic E-state index is 12.6. The van der Waals surface area contributed by atoms with Crippen LogP contribution in [0.1, 0.15) is 36.8 Å². The Morgan fingerprint density at radius 1 is 1.29 bits per heavy atom. The van der Waals surface area contributed by atoms with E-state index >= 15 is 0 Å².